The molecule has 0 fully saturated rings. The topological polar surface area (TPSA) is 163 Å². The lowest BCUT2D eigenvalue weighted by Crippen LogP contribution is -2.35. The Bertz CT molecular complexity index is 1310. The number of nitrogens with zero attached hydrogens (tertiary/aromatic N) is 2. The van der Waals surface area contributed by atoms with Gasteiger partial charge in [-0.15, -0.1) is 0 Å². The molecule has 0 aromatic heterocycles. The molecule has 1 aliphatic heterocycles. The van der Waals surface area contributed by atoms with Gasteiger partial charge in [0.25, 0.3) is 5.69 Å². The maximum Gasteiger partial charge on any atom is 0.404 e. The molecule has 3 rings (SSSR count). The number of methoxy groups -OCH3 is 1. The SMILES string of the molecule is COC(=O)C1=C(COC(N)=O)NC(C)=C(C(=O)OCCN(C)Cc2ccccc2)C1c1cccc([N+](=O)[O-])c1. The summed E-state index contributed by atoms with van der Waals surface area (Å²) in [6.07, 6.45) is -1.08. The second kappa shape index (κ2) is 13.2. The van der Waals surface area contributed by atoms with Crippen molar-refractivity contribution in [1.29, 1.82) is 0 Å². The van der Waals surface area contributed by atoms with Crippen LogP contribution >= 0.6 is 0 Å². The second-order valence-electron chi connectivity index (χ2n) is 8.80. The summed E-state index contributed by atoms with van der Waals surface area (Å²) in [5.41, 5.74) is 6.66. The molecule has 2 aromatic carbocycles. The summed E-state index contributed by atoms with van der Waals surface area (Å²) in [5, 5.41) is 14.4. The van der Waals surface area contributed by atoms with Crippen LogP contribution in [0.1, 0.15) is 24.0 Å². The first-order valence-corrected chi connectivity index (χ1v) is 12.0. The zero-order chi connectivity index (χ0) is 28.5. The Kier molecular flexibility index (Phi) is 9.76. The largest absolute Gasteiger partial charge is 0.466 e. The summed E-state index contributed by atoms with van der Waals surface area (Å²) in [5.74, 6) is -2.66. The number of rotatable bonds is 11. The zero-order valence-electron chi connectivity index (χ0n) is 21.8. The van der Waals surface area contributed by atoms with E-state index < -0.39 is 35.5 Å². The minimum absolute atomic E-state index is 0.0511. The minimum atomic E-state index is -1.11. The van der Waals surface area contributed by atoms with Gasteiger partial charge < -0.3 is 25.3 Å². The average molecular weight is 539 g/mol. The van der Waals surface area contributed by atoms with Gasteiger partial charge in [0.2, 0.25) is 0 Å². The Morgan fingerprint density at radius 2 is 1.77 bits per heavy atom. The zero-order valence-corrected chi connectivity index (χ0v) is 21.8. The third kappa shape index (κ3) is 7.42. The van der Waals surface area contributed by atoms with E-state index in [2.05, 4.69) is 5.32 Å². The molecule has 0 spiro atoms. The lowest BCUT2D eigenvalue weighted by molar-refractivity contribution is -0.384. The smallest absolute Gasteiger partial charge is 0.404 e. The van der Waals surface area contributed by atoms with E-state index in [4.69, 9.17) is 19.9 Å². The van der Waals surface area contributed by atoms with Crippen molar-refractivity contribution in [3.63, 3.8) is 0 Å². The maximum absolute atomic E-state index is 13.4. The average Bonchev–Trinajstić information content (AvgIpc) is 2.91. The summed E-state index contributed by atoms with van der Waals surface area (Å²) < 4.78 is 15.5. The van der Waals surface area contributed by atoms with Crippen LogP contribution in [0.25, 0.3) is 0 Å². The predicted octanol–water partition coefficient (Wildman–Crippen LogP) is 2.75. The Balaban J connectivity index is 1.93. The van der Waals surface area contributed by atoms with E-state index in [1.54, 1.807) is 13.0 Å². The molecule has 0 aliphatic carbocycles. The molecular weight excluding hydrogens is 508 g/mol. The number of hydrogen-bond acceptors (Lipinski definition) is 10. The van der Waals surface area contributed by atoms with Crippen molar-refractivity contribution in [2.24, 2.45) is 5.73 Å². The molecule has 3 N–H and O–H groups in total. The third-order valence-corrected chi connectivity index (χ3v) is 6.04. The number of likely N-dealkylation sites (N-methyl/N-ethyl adjacent to an activating group) is 1. The van der Waals surface area contributed by atoms with Crippen molar-refractivity contribution in [1.82, 2.24) is 10.2 Å². The summed E-state index contributed by atoms with van der Waals surface area (Å²) >= 11 is 0. The minimum Gasteiger partial charge on any atom is -0.466 e. The lowest BCUT2D eigenvalue weighted by atomic mass is 9.80. The first kappa shape index (κ1) is 28.9. The van der Waals surface area contributed by atoms with Crippen LogP contribution < -0.4 is 11.1 Å². The monoisotopic (exact) mass is 538 g/mol. The van der Waals surface area contributed by atoms with E-state index in [1.807, 2.05) is 42.3 Å². The molecule has 206 valence electrons. The van der Waals surface area contributed by atoms with Crippen LogP contribution in [0.4, 0.5) is 10.5 Å². The van der Waals surface area contributed by atoms with Gasteiger partial charge in [0.15, 0.2) is 0 Å². The molecule has 0 saturated heterocycles. The first-order valence-electron chi connectivity index (χ1n) is 12.0. The van der Waals surface area contributed by atoms with Crippen LogP contribution in [0, 0.1) is 10.1 Å². The standard InChI is InChI=1S/C27H30N4O8/c1-17-22(26(33)38-13-12-30(2)15-18-8-5-4-6-9-18)23(19-10-7-11-20(14-19)31(35)36)24(25(32)37-3)21(29-17)16-39-27(28)34/h4-11,14,23,29H,12-13,15-16H2,1-3H3,(H2,28,34). The Labute approximate surface area is 225 Å². The molecule has 0 saturated carbocycles. The number of non-ortho nitro benzene ring substituents is 1. The van der Waals surface area contributed by atoms with Crippen molar-refractivity contribution >= 4 is 23.7 Å². The summed E-state index contributed by atoms with van der Waals surface area (Å²) in [7, 11) is 3.04. The van der Waals surface area contributed by atoms with Gasteiger partial charge in [0, 0.05) is 30.9 Å². The van der Waals surface area contributed by atoms with Gasteiger partial charge in [-0.3, -0.25) is 15.0 Å². The fourth-order valence-electron chi connectivity index (χ4n) is 4.27. The highest BCUT2D eigenvalue weighted by Gasteiger charge is 2.39. The van der Waals surface area contributed by atoms with Gasteiger partial charge in [-0.2, -0.15) is 0 Å². The molecule has 1 aliphatic rings. The number of ether oxygens (including phenoxy) is 3. The molecular formula is C27H30N4O8. The van der Waals surface area contributed by atoms with Gasteiger partial charge in [0.05, 0.1) is 34.8 Å². The normalized spacial score (nSPS) is 15.0. The Morgan fingerprint density at radius 1 is 1.05 bits per heavy atom. The van der Waals surface area contributed by atoms with Gasteiger partial charge in [-0.1, -0.05) is 42.5 Å². The molecule has 39 heavy (non-hydrogen) atoms. The number of esters is 2. The number of hydrogen-bond donors (Lipinski definition) is 2. The van der Waals surface area contributed by atoms with Crippen LogP contribution in [0.5, 0.6) is 0 Å². The van der Waals surface area contributed by atoms with Gasteiger partial charge in [-0.25, -0.2) is 14.4 Å². The Morgan fingerprint density at radius 3 is 2.41 bits per heavy atom. The van der Waals surface area contributed by atoms with Crippen molar-refractivity contribution in [3.05, 3.63) is 98.4 Å². The number of carbonyl (C=O) groups excluding carboxylic acids is 3. The highest BCUT2D eigenvalue weighted by Crippen LogP contribution is 2.40. The molecule has 12 heteroatoms. The fraction of sp³-hybridized carbons (Fsp3) is 0.296. The first-order chi connectivity index (χ1) is 18.6. The number of primary amides is 1. The number of nitrogens with two attached hydrogens (primary N) is 1. The van der Waals surface area contributed by atoms with Crippen molar-refractivity contribution in [2.45, 2.75) is 19.4 Å². The van der Waals surface area contributed by atoms with Crippen molar-refractivity contribution in [3.8, 4) is 0 Å². The fourth-order valence-corrected chi connectivity index (χ4v) is 4.27. The highest BCUT2D eigenvalue weighted by molar-refractivity contribution is 6.00. The summed E-state index contributed by atoms with van der Waals surface area (Å²) in [6, 6.07) is 15.4. The summed E-state index contributed by atoms with van der Waals surface area (Å²) in [6.45, 7) is 2.29. The second-order valence-corrected chi connectivity index (χ2v) is 8.80. The quantitative estimate of drug-likeness (QED) is 0.188. The molecule has 1 amide bonds. The van der Waals surface area contributed by atoms with Crippen molar-refractivity contribution in [2.75, 3.05) is 33.9 Å². The number of dihydropyridines is 1. The van der Waals surface area contributed by atoms with Gasteiger partial charge >= 0.3 is 18.0 Å². The van der Waals surface area contributed by atoms with E-state index in [0.29, 0.717) is 18.8 Å². The Hall–Kier alpha value is -4.71. The van der Waals surface area contributed by atoms with Crippen molar-refractivity contribution < 1.29 is 33.5 Å². The predicted molar refractivity (Wildman–Crippen MR) is 140 cm³/mol. The third-order valence-electron chi connectivity index (χ3n) is 6.04. The number of allylic oxidation sites excluding steroid dienone is 1. The number of benzene rings is 2. The van der Waals surface area contributed by atoms with Gasteiger partial charge in [-0.05, 0) is 25.1 Å². The highest BCUT2D eigenvalue weighted by atomic mass is 16.6. The van der Waals surface area contributed by atoms with Crippen LogP contribution in [0.2, 0.25) is 0 Å². The number of nitro benzene ring substituents is 1. The number of nitrogens with one attached hydrogen (secondary N) is 1. The van der Waals surface area contributed by atoms with Crippen LogP contribution in [-0.2, 0) is 30.3 Å². The number of carbonyl (C=O) groups is 3. The van der Waals surface area contributed by atoms with Gasteiger partial charge in [0.1, 0.15) is 13.2 Å². The molecule has 2 aromatic rings. The van der Waals surface area contributed by atoms with E-state index in [-0.39, 0.29) is 34.7 Å². The molecule has 12 nitrogen and oxygen atoms in total. The number of nitro groups is 1. The van der Waals surface area contributed by atoms with E-state index in [9.17, 15) is 24.5 Å². The molecule has 0 bridgehead atoms. The van der Waals surface area contributed by atoms with Crippen LogP contribution in [0.15, 0.2) is 77.1 Å². The van der Waals surface area contributed by atoms with E-state index in [0.717, 1.165) is 12.7 Å². The molecule has 1 heterocycles. The lowest BCUT2D eigenvalue weighted by Gasteiger charge is -2.31. The molecule has 1 atom stereocenters. The van der Waals surface area contributed by atoms with Crippen LogP contribution in [-0.4, -0.2) is 61.8 Å². The van der Waals surface area contributed by atoms with E-state index in [1.165, 1.54) is 18.2 Å². The van der Waals surface area contributed by atoms with Crippen LogP contribution in [0.3, 0.4) is 0 Å². The molecule has 0 radical (unpaired) electrons. The maximum atomic E-state index is 13.4. The number of amides is 1. The molecule has 1 unspecified atom stereocenters. The summed E-state index contributed by atoms with van der Waals surface area (Å²) in [4.78, 5) is 50.5. The van der Waals surface area contributed by atoms with E-state index >= 15 is 0 Å².